The van der Waals surface area contributed by atoms with E-state index in [-0.39, 0.29) is 0 Å². The van der Waals surface area contributed by atoms with Crippen molar-refractivity contribution in [2.45, 2.75) is 39.7 Å². The van der Waals surface area contributed by atoms with Crippen LogP contribution < -0.4 is 0 Å². The molecule has 0 amide bonds. The van der Waals surface area contributed by atoms with E-state index in [0.29, 0.717) is 12.3 Å². The van der Waals surface area contributed by atoms with E-state index >= 15 is 0 Å². The Hall–Kier alpha value is -1.08. The lowest BCUT2D eigenvalue weighted by molar-refractivity contribution is 0.178. The lowest BCUT2D eigenvalue weighted by atomic mass is 9.98. The van der Waals surface area contributed by atoms with Gasteiger partial charge in [0, 0.05) is 0 Å². The summed E-state index contributed by atoms with van der Waals surface area (Å²) in [5, 5.41) is 9.90. The lowest BCUT2D eigenvalue weighted by Gasteiger charge is -2.12. The molecule has 0 spiro atoms. The first-order valence-corrected chi connectivity index (χ1v) is 5.90. The molecular formula is C15H22O. The first kappa shape index (κ1) is 13.0. The van der Waals surface area contributed by atoms with Crippen LogP contribution in [0.1, 0.15) is 44.4 Å². The molecular weight excluding hydrogens is 196 g/mol. The second-order valence-corrected chi connectivity index (χ2v) is 5.02. The molecule has 0 aromatic heterocycles. The maximum atomic E-state index is 9.90. The van der Waals surface area contributed by atoms with E-state index in [0.717, 1.165) is 17.6 Å². The van der Waals surface area contributed by atoms with Gasteiger partial charge >= 0.3 is 0 Å². The highest BCUT2D eigenvalue weighted by Crippen LogP contribution is 2.21. The molecule has 1 rings (SSSR count). The predicted octanol–water partition coefficient (Wildman–Crippen LogP) is 3.88. The van der Waals surface area contributed by atoms with Crippen molar-refractivity contribution in [1.82, 2.24) is 0 Å². The first-order valence-electron chi connectivity index (χ1n) is 5.90. The Balaban J connectivity index is 2.66. The van der Waals surface area contributed by atoms with Crippen molar-refractivity contribution in [2.24, 2.45) is 5.92 Å². The molecule has 0 aliphatic rings. The van der Waals surface area contributed by atoms with Gasteiger partial charge in [-0.2, -0.15) is 0 Å². The molecule has 1 atom stereocenters. The molecule has 1 nitrogen and oxygen atoms in total. The standard InChI is InChI=1S/C15H22O/c1-11(2)9-13-5-7-14(8-6-13)15(16)10-12(3)4/h5-8,11,15-16H,3,9-10H2,1-2,4H3. The van der Waals surface area contributed by atoms with Gasteiger partial charge in [0.1, 0.15) is 0 Å². The summed E-state index contributed by atoms with van der Waals surface area (Å²) in [5.74, 6) is 0.672. The largest absolute Gasteiger partial charge is 0.388 e. The van der Waals surface area contributed by atoms with Crippen LogP contribution in [0.2, 0.25) is 0 Å². The van der Waals surface area contributed by atoms with E-state index in [4.69, 9.17) is 0 Å². The average Bonchev–Trinajstić information content (AvgIpc) is 2.16. The summed E-state index contributed by atoms with van der Waals surface area (Å²) in [6, 6.07) is 8.25. The Morgan fingerprint density at radius 3 is 2.25 bits per heavy atom. The fourth-order valence-electron chi connectivity index (χ4n) is 1.80. The summed E-state index contributed by atoms with van der Waals surface area (Å²) in [6.45, 7) is 10.2. The highest BCUT2D eigenvalue weighted by molar-refractivity contribution is 5.25. The van der Waals surface area contributed by atoms with Crippen LogP contribution in [0.4, 0.5) is 0 Å². The zero-order valence-electron chi connectivity index (χ0n) is 10.5. The molecule has 1 aromatic rings. The molecule has 0 fully saturated rings. The first-order chi connectivity index (χ1) is 7.49. The van der Waals surface area contributed by atoms with Gasteiger partial charge in [0.25, 0.3) is 0 Å². The van der Waals surface area contributed by atoms with Crippen LogP contribution in [-0.4, -0.2) is 5.11 Å². The van der Waals surface area contributed by atoms with E-state index in [1.54, 1.807) is 0 Å². The van der Waals surface area contributed by atoms with E-state index in [1.165, 1.54) is 5.56 Å². The Kier molecular flexibility index (Phi) is 4.75. The van der Waals surface area contributed by atoms with E-state index < -0.39 is 6.10 Å². The van der Waals surface area contributed by atoms with E-state index in [2.05, 4.69) is 32.6 Å². The Bertz CT molecular complexity index is 335. The third-order valence-electron chi connectivity index (χ3n) is 2.55. The monoisotopic (exact) mass is 218 g/mol. The normalized spacial score (nSPS) is 12.8. The van der Waals surface area contributed by atoms with Gasteiger partial charge in [-0.25, -0.2) is 0 Å². The van der Waals surface area contributed by atoms with E-state index in [9.17, 15) is 5.11 Å². The van der Waals surface area contributed by atoms with Gasteiger partial charge in [0.15, 0.2) is 0 Å². The minimum atomic E-state index is -0.411. The summed E-state index contributed by atoms with van der Waals surface area (Å²) in [4.78, 5) is 0. The molecule has 0 saturated heterocycles. The summed E-state index contributed by atoms with van der Waals surface area (Å²) in [7, 11) is 0. The minimum Gasteiger partial charge on any atom is -0.388 e. The molecule has 0 radical (unpaired) electrons. The highest BCUT2D eigenvalue weighted by Gasteiger charge is 2.07. The van der Waals surface area contributed by atoms with Crippen LogP contribution in [0.15, 0.2) is 36.4 Å². The molecule has 0 bridgehead atoms. The average molecular weight is 218 g/mol. The van der Waals surface area contributed by atoms with Crippen LogP contribution in [0.3, 0.4) is 0 Å². The van der Waals surface area contributed by atoms with Crippen LogP contribution >= 0.6 is 0 Å². The Labute approximate surface area is 98.8 Å². The number of rotatable bonds is 5. The maximum absolute atomic E-state index is 9.90. The molecule has 0 heterocycles. The fraction of sp³-hybridized carbons (Fsp3) is 0.467. The summed E-state index contributed by atoms with van der Waals surface area (Å²) < 4.78 is 0. The van der Waals surface area contributed by atoms with Gasteiger partial charge in [-0.3, -0.25) is 0 Å². The van der Waals surface area contributed by atoms with Crippen molar-refractivity contribution in [3.8, 4) is 0 Å². The van der Waals surface area contributed by atoms with Gasteiger partial charge < -0.3 is 5.11 Å². The van der Waals surface area contributed by atoms with Crippen LogP contribution in [-0.2, 0) is 6.42 Å². The van der Waals surface area contributed by atoms with Gasteiger partial charge in [-0.1, -0.05) is 43.7 Å². The molecule has 1 N–H and O–H groups in total. The number of hydrogen-bond acceptors (Lipinski definition) is 1. The quantitative estimate of drug-likeness (QED) is 0.743. The third kappa shape index (κ3) is 4.19. The van der Waals surface area contributed by atoms with Gasteiger partial charge in [0.2, 0.25) is 0 Å². The third-order valence-corrected chi connectivity index (χ3v) is 2.55. The summed E-state index contributed by atoms with van der Waals surface area (Å²) in [6.07, 6.45) is 1.33. The van der Waals surface area contributed by atoms with E-state index in [1.807, 2.05) is 19.1 Å². The van der Waals surface area contributed by atoms with Crippen LogP contribution in [0, 0.1) is 5.92 Å². The highest BCUT2D eigenvalue weighted by atomic mass is 16.3. The SMILES string of the molecule is C=C(C)CC(O)c1ccc(CC(C)C)cc1. The summed E-state index contributed by atoms with van der Waals surface area (Å²) >= 11 is 0. The predicted molar refractivity (Wildman–Crippen MR) is 69.4 cm³/mol. The number of benzene rings is 1. The number of hydrogen-bond donors (Lipinski definition) is 1. The second-order valence-electron chi connectivity index (χ2n) is 5.02. The molecule has 1 unspecified atom stereocenters. The number of aliphatic hydroxyl groups excluding tert-OH is 1. The van der Waals surface area contributed by atoms with Gasteiger partial charge in [-0.05, 0) is 36.8 Å². The smallest absolute Gasteiger partial charge is 0.0826 e. The van der Waals surface area contributed by atoms with Gasteiger partial charge in [-0.15, -0.1) is 6.58 Å². The molecule has 0 aliphatic heterocycles. The van der Waals surface area contributed by atoms with Crippen molar-refractivity contribution in [2.75, 3.05) is 0 Å². The second kappa shape index (κ2) is 5.86. The minimum absolute atomic E-state index is 0.411. The molecule has 16 heavy (non-hydrogen) atoms. The molecule has 1 aromatic carbocycles. The lowest BCUT2D eigenvalue weighted by Crippen LogP contribution is -1.99. The van der Waals surface area contributed by atoms with Crippen molar-refractivity contribution < 1.29 is 5.11 Å². The van der Waals surface area contributed by atoms with Crippen molar-refractivity contribution in [1.29, 1.82) is 0 Å². The maximum Gasteiger partial charge on any atom is 0.0826 e. The van der Waals surface area contributed by atoms with Gasteiger partial charge in [0.05, 0.1) is 6.10 Å². The molecule has 0 aliphatic carbocycles. The van der Waals surface area contributed by atoms with Crippen molar-refractivity contribution >= 4 is 0 Å². The van der Waals surface area contributed by atoms with Crippen molar-refractivity contribution in [3.63, 3.8) is 0 Å². The van der Waals surface area contributed by atoms with Crippen LogP contribution in [0.25, 0.3) is 0 Å². The van der Waals surface area contributed by atoms with Crippen LogP contribution in [0.5, 0.6) is 0 Å². The Morgan fingerprint density at radius 2 is 1.81 bits per heavy atom. The van der Waals surface area contributed by atoms with Crippen molar-refractivity contribution in [3.05, 3.63) is 47.5 Å². The molecule has 1 heteroatoms. The fourth-order valence-corrected chi connectivity index (χ4v) is 1.80. The zero-order chi connectivity index (χ0) is 12.1. The Morgan fingerprint density at radius 1 is 1.25 bits per heavy atom. The molecule has 88 valence electrons. The summed E-state index contributed by atoms with van der Waals surface area (Å²) in [5.41, 5.74) is 3.33. The molecule has 0 saturated carbocycles. The zero-order valence-corrected chi connectivity index (χ0v) is 10.5. The topological polar surface area (TPSA) is 20.2 Å². The number of aliphatic hydroxyl groups is 1.